The second kappa shape index (κ2) is 7.68. The summed E-state index contributed by atoms with van der Waals surface area (Å²) in [7, 11) is 0. The molecule has 0 atom stereocenters. The van der Waals surface area contributed by atoms with Gasteiger partial charge in [-0.05, 0) is 18.3 Å². The van der Waals surface area contributed by atoms with E-state index in [0.29, 0.717) is 5.15 Å². The van der Waals surface area contributed by atoms with E-state index in [0.717, 1.165) is 24.3 Å². The molecule has 1 aromatic rings. The molecule has 0 saturated carbocycles. The summed E-state index contributed by atoms with van der Waals surface area (Å²) in [6.07, 6.45) is 7.46. The van der Waals surface area contributed by atoms with E-state index in [-0.39, 0.29) is 5.41 Å². The van der Waals surface area contributed by atoms with Crippen molar-refractivity contribution < 1.29 is 0 Å². The van der Waals surface area contributed by atoms with Gasteiger partial charge in [-0.3, -0.25) is 0 Å². The molecule has 0 unspecified atom stereocenters. The number of hydrogen-bond donors (Lipinski definition) is 1. The zero-order valence-corrected chi connectivity index (χ0v) is 13.3. The van der Waals surface area contributed by atoms with E-state index >= 15 is 0 Å². The highest BCUT2D eigenvalue weighted by atomic mass is 35.5. The number of aromatic nitrogens is 2. The molecule has 4 heteroatoms. The second-order valence-corrected chi connectivity index (χ2v) is 6.18. The monoisotopic (exact) mass is 283 g/mol. The van der Waals surface area contributed by atoms with Gasteiger partial charge in [0, 0.05) is 12.1 Å². The van der Waals surface area contributed by atoms with Crippen molar-refractivity contribution >= 4 is 17.4 Å². The molecule has 0 radical (unpaired) electrons. The largest absolute Gasteiger partial charge is 0.369 e. The topological polar surface area (TPSA) is 37.8 Å². The third-order valence-electron chi connectivity index (χ3n) is 3.44. The first-order chi connectivity index (χ1) is 9.00. The average molecular weight is 284 g/mol. The van der Waals surface area contributed by atoms with Crippen LogP contribution in [0.4, 0.5) is 5.82 Å². The summed E-state index contributed by atoms with van der Waals surface area (Å²) in [5, 5.41) is 4.00. The lowest BCUT2D eigenvalue weighted by molar-refractivity contribution is 0.342. The molecule has 0 bridgehead atoms. The molecule has 0 aliphatic rings. The van der Waals surface area contributed by atoms with Crippen LogP contribution in [0.2, 0.25) is 5.15 Å². The van der Waals surface area contributed by atoms with E-state index in [2.05, 4.69) is 43.0 Å². The molecule has 0 aliphatic carbocycles. The van der Waals surface area contributed by atoms with Crippen LogP contribution in [0.5, 0.6) is 0 Å². The highest BCUT2D eigenvalue weighted by Gasteiger charge is 2.18. The van der Waals surface area contributed by atoms with Crippen LogP contribution >= 0.6 is 11.6 Å². The van der Waals surface area contributed by atoms with Gasteiger partial charge in [-0.1, -0.05) is 58.6 Å². The van der Waals surface area contributed by atoms with Gasteiger partial charge in [0.1, 0.15) is 17.3 Å². The first-order valence-corrected chi connectivity index (χ1v) is 7.61. The fourth-order valence-electron chi connectivity index (χ4n) is 2.12. The Bertz CT molecular complexity index is 391. The third-order valence-corrected chi connectivity index (χ3v) is 3.76. The molecule has 0 saturated heterocycles. The standard InChI is InChI=1S/C15H26ClN3/c1-5-7-8-9-15(3,4)10-17-14-12(6-2)13(16)18-11-19-14/h11H,5-10H2,1-4H3,(H,17,18,19). The molecule has 0 fully saturated rings. The third kappa shape index (κ3) is 5.35. The molecule has 1 aromatic heterocycles. The Hall–Kier alpha value is -0.830. The van der Waals surface area contributed by atoms with E-state index in [1.807, 2.05) is 0 Å². The Balaban J connectivity index is 2.58. The van der Waals surface area contributed by atoms with Crippen LogP contribution in [0.1, 0.15) is 58.9 Å². The van der Waals surface area contributed by atoms with Gasteiger partial charge in [0.05, 0.1) is 0 Å². The van der Waals surface area contributed by atoms with Gasteiger partial charge in [0.15, 0.2) is 0 Å². The van der Waals surface area contributed by atoms with Gasteiger partial charge >= 0.3 is 0 Å². The van der Waals surface area contributed by atoms with E-state index in [4.69, 9.17) is 11.6 Å². The summed E-state index contributed by atoms with van der Waals surface area (Å²) in [4.78, 5) is 8.33. The second-order valence-electron chi connectivity index (χ2n) is 5.82. The highest BCUT2D eigenvalue weighted by Crippen LogP contribution is 2.26. The smallest absolute Gasteiger partial charge is 0.137 e. The minimum atomic E-state index is 0.275. The van der Waals surface area contributed by atoms with Gasteiger partial charge in [-0.2, -0.15) is 0 Å². The Morgan fingerprint density at radius 3 is 2.58 bits per heavy atom. The molecule has 0 spiro atoms. The molecular weight excluding hydrogens is 258 g/mol. The molecule has 108 valence electrons. The molecule has 3 nitrogen and oxygen atoms in total. The van der Waals surface area contributed by atoms with Gasteiger partial charge in [-0.15, -0.1) is 0 Å². The van der Waals surface area contributed by atoms with Crippen molar-refractivity contribution in [2.24, 2.45) is 5.41 Å². The molecule has 0 aromatic carbocycles. The van der Waals surface area contributed by atoms with Crippen LogP contribution in [0.3, 0.4) is 0 Å². The van der Waals surface area contributed by atoms with Crippen molar-refractivity contribution in [3.05, 3.63) is 17.0 Å². The molecule has 1 heterocycles. The lowest BCUT2D eigenvalue weighted by atomic mass is 9.87. The average Bonchev–Trinajstić information content (AvgIpc) is 2.37. The Kier molecular flexibility index (Phi) is 6.56. The Labute approximate surface area is 122 Å². The van der Waals surface area contributed by atoms with Crippen LogP contribution in [-0.2, 0) is 6.42 Å². The Morgan fingerprint density at radius 1 is 1.21 bits per heavy atom. The summed E-state index contributed by atoms with van der Waals surface area (Å²) in [6, 6.07) is 0. The zero-order valence-electron chi connectivity index (χ0n) is 12.6. The molecule has 1 N–H and O–H groups in total. The van der Waals surface area contributed by atoms with Crippen LogP contribution in [0.25, 0.3) is 0 Å². The van der Waals surface area contributed by atoms with E-state index < -0.39 is 0 Å². The summed E-state index contributed by atoms with van der Waals surface area (Å²) < 4.78 is 0. The highest BCUT2D eigenvalue weighted by molar-refractivity contribution is 6.30. The molecular formula is C15H26ClN3. The fraction of sp³-hybridized carbons (Fsp3) is 0.733. The SMILES string of the molecule is CCCCCC(C)(C)CNc1ncnc(Cl)c1CC. The van der Waals surface area contributed by atoms with Crippen LogP contribution in [0.15, 0.2) is 6.33 Å². The van der Waals surface area contributed by atoms with Gasteiger partial charge in [0.25, 0.3) is 0 Å². The minimum absolute atomic E-state index is 0.275. The molecule has 1 rings (SSSR count). The summed E-state index contributed by atoms with van der Waals surface area (Å²) in [5.41, 5.74) is 1.28. The maximum absolute atomic E-state index is 6.09. The van der Waals surface area contributed by atoms with Crippen LogP contribution in [-0.4, -0.2) is 16.5 Å². The molecule has 0 amide bonds. The van der Waals surface area contributed by atoms with Gasteiger partial charge in [-0.25, -0.2) is 9.97 Å². The van der Waals surface area contributed by atoms with Crippen molar-refractivity contribution in [1.82, 2.24) is 9.97 Å². The molecule has 19 heavy (non-hydrogen) atoms. The number of rotatable bonds is 8. The summed E-state index contributed by atoms with van der Waals surface area (Å²) >= 11 is 6.09. The zero-order chi connectivity index (χ0) is 14.3. The maximum atomic E-state index is 6.09. The summed E-state index contributed by atoms with van der Waals surface area (Å²) in [6.45, 7) is 9.81. The van der Waals surface area contributed by atoms with E-state index in [9.17, 15) is 0 Å². The van der Waals surface area contributed by atoms with Crippen LogP contribution < -0.4 is 5.32 Å². The number of nitrogens with zero attached hydrogens (tertiary/aromatic N) is 2. The van der Waals surface area contributed by atoms with Crippen molar-refractivity contribution in [2.75, 3.05) is 11.9 Å². The maximum Gasteiger partial charge on any atom is 0.137 e. The lowest BCUT2D eigenvalue weighted by Crippen LogP contribution is -2.24. The lowest BCUT2D eigenvalue weighted by Gasteiger charge is -2.25. The summed E-state index contributed by atoms with van der Waals surface area (Å²) in [5.74, 6) is 0.881. The Morgan fingerprint density at radius 2 is 1.95 bits per heavy atom. The molecule has 0 aliphatic heterocycles. The van der Waals surface area contributed by atoms with Crippen LogP contribution in [0, 0.1) is 5.41 Å². The minimum Gasteiger partial charge on any atom is -0.369 e. The predicted molar refractivity (Wildman–Crippen MR) is 82.8 cm³/mol. The van der Waals surface area contributed by atoms with Gasteiger partial charge in [0.2, 0.25) is 0 Å². The van der Waals surface area contributed by atoms with Gasteiger partial charge < -0.3 is 5.32 Å². The number of anilines is 1. The number of halogens is 1. The van der Waals surface area contributed by atoms with Crippen molar-refractivity contribution in [3.8, 4) is 0 Å². The quantitative estimate of drug-likeness (QED) is 0.554. The van der Waals surface area contributed by atoms with Crippen molar-refractivity contribution in [1.29, 1.82) is 0 Å². The number of hydrogen-bond acceptors (Lipinski definition) is 3. The number of nitrogens with one attached hydrogen (secondary N) is 1. The predicted octanol–water partition coefficient (Wildman–Crippen LogP) is 4.71. The van der Waals surface area contributed by atoms with E-state index in [1.54, 1.807) is 0 Å². The first-order valence-electron chi connectivity index (χ1n) is 7.23. The van der Waals surface area contributed by atoms with Crippen molar-refractivity contribution in [3.63, 3.8) is 0 Å². The fourth-order valence-corrected chi connectivity index (χ4v) is 2.39. The normalized spacial score (nSPS) is 11.6. The van der Waals surface area contributed by atoms with Crippen molar-refractivity contribution in [2.45, 2.75) is 59.8 Å². The first kappa shape index (κ1) is 16.2. The number of unbranched alkanes of at least 4 members (excludes halogenated alkanes) is 2. The van der Waals surface area contributed by atoms with E-state index in [1.165, 1.54) is 32.0 Å².